The molecular weight excluding hydrogens is 424 g/mol. The van der Waals surface area contributed by atoms with Crippen molar-refractivity contribution in [1.29, 1.82) is 0 Å². The van der Waals surface area contributed by atoms with Crippen molar-refractivity contribution in [3.63, 3.8) is 0 Å². The summed E-state index contributed by atoms with van der Waals surface area (Å²) in [6, 6.07) is 18.0. The lowest BCUT2D eigenvalue weighted by atomic mass is 10.1. The van der Waals surface area contributed by atoms with Crippen molar-refractivity contribution in [2.75, 3.05) is 13.2 Å². The van der Waals surface area contributed by atoms with Crippen LogP contribution in [0.25, 0.3) is 11.0 Å². The molecule has 2 heterocycles. The Balaban J connectivity index is 1.29. The van der Waals surface area contributed by atoms with Crippen molar-refractivity contribution in [1.82, 2.24) is 19.9 Å². The second kappa shape index (κ2) is 11.5. The fraction of sp³-hybridized carbons (Fsp3) is 0.321. The van der Waals surface area contributed by atoms with Gasteiger partial charge in [0.25, 0.3) is 5.91 Å². The van der Waals surface area contributed by atoms with E-state index < -0.39 is 0 Å². The van der Waals surface area contributed by atoms with Crippen molar-refractivity contribution in [2.24, 2.45) is 0 Å². The zero-order valence-electron chi connectivity index (χ0n) is 20.0. The van der Waals surface area contributed by atoms with E-state index in [9.17, 15) is 4.79 Å². The monoisotopic (exact) mass is 456 g/mol. The van der Waals surface area contributed by atoms with Crippen LogP contribution in [0.1, 0.15) is 46.6 Å². The van der Waals surface area contributed by atoms with E-state index in [0.717, 1.165) is 54.8 Å². The topological polar surface area (TPSA) is 69.0 Å². The lowest BCUT2D eigenvalue weighted by Crippen LogP contribution is -2.25. The molecule has 4 rings (SSSR count). The summed E-state index contributed by atoms with van der Waals surface area (Å²) >= 11 is 0. The van der Waals surface area contributed by atoms with Crippen LogP contribution in [0.2, 0.25) is 0 Å². The smallest absolute Gasteiger partial charge is 0.251 e. The maximum atomic E-state index is 12.2. The van der Waals surface area contributed by atoms with Gasteiger partial charge in [-0.3, -0.25) is 9.78 Å². The summed E-state index contributed by atoms with van der Waals surface area (Å²) in [6.07, 6.45) is 6.88. The van der Waals surface area contributed by atoms with Gasteiger partial charge in [-0.1, -0.05) is 18.2 Å². The molecule has 4 aromatic rings. The first kappa shape index (κ1) is 23.5. The van der Waals surface area contributed by atoms with E-state index in [2.05, 4.69) is 65.1 Å². The molecule has 0 aliphatic rings. The van der Waals surface area contributed by atoms with Gasteiger partial charge in [0.05, 0.1) is 17.6 Å². The number of amides is 1. The van der Waals surface area contributed by atoms with Crippen molar-refractivity contribution < 1.29 is 9.53 Å². The minimum Gasteiger partial charge on any atom is -0.494 e. The van der Waals surface area contributed by atoms with E-state index in [1.54, 1.807) is 24.5 Å². The van der Waals surface area contributed by atoms with Gasteiger partial charge in [0, 0.05) is 37.5 Å². The van der Waals surface area contributed by atoms with Gasteiger partial charge in [-0.2, -0.15) is 0 Å². The molecule has 0 saturated heterocycles. The minimum absolute atomic E-state index is 0.0697. The molecule has 6 nitrogen and oxygen atoms in total. The molecule has 2 aromatic heterocycles. The van der Waals surface area contributed by atoms with Gasteiger partial charge in [-0.15, -0.1) is 0 Å². The average molecular weight is 457 g/mol. The summed E-state index contributed by atoms with van der Waals surface area (Å²) in [5.41, 5.74) is 5.26. The molecular formula is C28H32N4O2. The second-order valence-electron chi connectivity index (χ2n) is 8.64. The van der Waals surface area contributed by atoms with Crippen molar-refractivity contribution in [2.45, 2.75) is 46.1 Å². The van der Waals surface area contributed by atoms with E-state index in [0.29, 0.717) is 18.7 Å². The highest BCUT2D eigenvalue weighted by Gasteiger charge is 2.11. The van der Waals surface area contributed by atoms with E-state index in [1.165, 1.54) is 11.1 Å². The van der Waals surface area contributed by atoms with Crippen LogP contribution in [0.3, 0.4) is 0 Å². The number of para-hydroxylation sites is 2. The summed E-state index contributed by atoms with van der Waals surface area (Å²) in [5.74, 6) is 1.94. The Hall–Kier alpha value is -3.67. The molecule has 1 amide bonds. The number of nitrogens with one attached hydrogen (secondary N) is 1. The third-order valence-corrected chi connectivity index (χ3v) is 5.78. The molecule has 2 aromatic carbocycles. The normalized spacial score (nSPS) is 11.0. The number of carbonyl (C=O) groups is 1. The first-order valence-electron chi connectivity index (χ1n) is 11.9. The molecule has 0 aliphatic heterocycles. The summed E-state index contributed by atoms with van der Waals surface area (Å²) in [6.45, 7) is 6.39. The van der Waals surface area contributed by atoms with Crippen LogP contribution in [-0.4, -0.2) is 33.6 Å². The molecule has 0 saturated carbocycles. The van der Waals surface area contributed by atoms with Crippen LogP contribution in [0.15, 0.2) is 67.0 Å². The molecule has 0 bridgehead atoms. The number of benzene rings is 2. The molecule has 0 unspecified atom stereocenters. The fourth-order valence-electron chi connectivity index (χ4n) is 4.20. The Kier molecular flexibility index (Phi) is 7.91. The predicted molar refractivity (Wildman–Crippen MR) is 135 cm³/mol. The van der Waals surface area contributed by atoms with Gasteiger partial charge >= 0.3 is 0 Å². The summed E-state index contributed by atoms with van der Waals surface area (Å²) in [7, 11) is 0. The van der Waals surface area contributed by atoms with E-state index in [-0.39, 0.29) is 5.91 Å². The number of nitrogens with zero attached hydrogens (tertiary/aromatic N) is 3. The average Bonchev–Trinajstić information content (AvgIpc) is 3.19. The summed E-state index contributed by atoms with van der Waals surface area (Å²) < 4.78 is 8.29. The Morgan fingerprint density at radius 2 is 1.74 bits per heavy atom. The number of hydrogen-bond donors (Lipinski definition) is 1. The molecule has 0 spiro atoms. The minimum atomic E-state index is -0.0697. The fourth-order valence-corrected chi connectivity index (χ4v) is 4.20. The maximum absolute atomic E-state index is 12.2. The number of imidazole rings is 1. The van der Waals surface area contributed by atoms with Crippen LogP contribution >= 0.6 is 0 Å². The molecule has 34 heavy (non-hydrogen) atoms. The SMILES string of the molecule is Cc1cc(C)cc(OCCCCn2c(CCCNC(=O)c3ccncc3)nc3ccccc32)c1. The number of aryl methyl sites for hydroxylation is 4. The standard InChI is InChI=1S/C28H32N4O2/c1-21-18-22(2)20-24(19-21)34-17-6-5-16-32-26-9-4-3-8-25(26)31-27(32)10-7-13-30-28(33)23-11-14-29-15-12-23/h3-4,8-9,11-12,14-15,18-20H,5-7,10,13,16-17H2,1-2H3,(H,30,33). The Bertz CT molecular complexity index is 1210. The Labute approximate surface area is 201 Å². The van der Waals surface area contributed by atoms with Crippen molar-refractivity contribution in [3.8, 4) is 5.75 Å². The predicted octanol–water partition coefficient (Wildman–Crippen LogP) is 5.27. The van der Waals surface area contributed by atoms with E-state index in [1.807, 2.05) is 6.07 Å². The number of rotatable bonds is 11. The molecule has 0 atom stereocenters. The van der Waals surface area contributed by atoms with E-state index in [4.69, 9.17) is 9.72 Å². The van der Waals surface area contributed by atoms with Gasteiger partial charge in [0.2, 0.25) is 0 Å². The largest absolute Gasteiger partial charge is 0.494 e. The first-order valence-corrected chi connectivity index (χ1v) is 11.9. The Morgan fingerprint density at radius 1 is 0.971 bits per heavy atom. The third-order valence-electron chi connectivity index (χ3n) is 5.78. The highest BCUT2D eigenvalue weighted by Crippen LogP contribution is 2.19. The number of carbonyl (C=O) groups excluding carboxylic acids is 1. The first-order chi connectivity index (χ1) is 16.6. The highest BCUT2D eigenvalue weighted by atomic mass is 16.5. The molecule has 1 N–H and O–H groups in total. The molecule has 0 fully saturated rings. The maximum Gasteiger partial charge on any atom is 0.251 e. The zero-order valence-corrected chi connectivity index (χ0v) is 20.0. The zero-order chi connectivity index (χ0) is 23.8. The summed E-state index contributed by atoms with van der Waals surface area (Å²) in [4.78, 5) is 21.1. The molecule has 6 heteroatoms. The van der Waals surface area contributed by atoms with Crippen LogP contribution < -0.4 is 10.1 Å². The number of pyridine rings is 1. The quantitative estimate of drug-likeness (QED) is 0.312. The van der Waals surface area contributed by atoms with Gasteiger partial charge < -0.3 is 14.6 Å². The van der Waals surface area contributed by atoms with Crippen LogP contribution in [0.4, 0.5) is 0 Å². The van der Waals surface area contributed by atoms with Crippen LogP contribution in [-0.2, 0) is 13.0 Å². The number of hydrogen-bond acceptors (Lipinski definition) is 4. The molecule has 0 radical (unpaired) electrons. The number of ether oxygens (including phenoxy) is 1. The summed E-state index contributed by atoms with van der Waals surface area (Å²) in [5, 5.41) is 2.99. The third kappa shape index (κ3) is 6.22. The van der Waals surface area contributed by atoms with E-state index >= 15 is 0 Å². The van der Waals surface area contributed by atoms with Crippen LogP contribution in [0.5, 0.6) is 5.75 Å². The van der Waals surface area contributed by atoms with Crippen LogP contribution in [0, 0.1) is 13.8 Å². The second-order valence-corrected chi connectivity index (χ2v) is 8.64. The Morgan fingerprint density at radius 3 is 2.53 bits per heavy atom. The van der Waals surface area contributed by atoms with Gasteiger partial charge in [0.1, 0.15) is 11.6 Å². The number of fused-ring (bicyclic) bond motifs is 1. The number of unbranched alkanes of at least 4 members (excludes halogenated alkanes) is 1. The van der Waals surface area contributed by atoms with Crippen molar-refractivity contribution in [3.05, 3.63) is 89.5 Å². The highest BCUT2D eigenvalue weighted by molar-refractivity contribution is 5.93. The molecule has 176 valence electrons. The lowest BCUT2D eigenvalue weighted by molar-refractivity contribution is 0.0953. The van der Waals surface area contributed by atoms with Gasteiger partial charge in [-0.25, -0.2) is 4.98 Å². The van der Waals surface area contributed by atoms with Gasteiger partial charge in [0.15, 0.2) is 0 Å². The lowest BCUT2D eigenvalue weighted by Gasteiger charge is -2.11. The van der Waals surface area contributed by atoms with Crippen molar-refractivity contribution >= 4 is 16.9 Å². The van der Waals surface area contributed by atoms with Gasteiger partial charge in [-0.05, 0) is 80.6 Å². The number of aromatic nitrogens is 3. The molecule has 0 aliphatic carbocycles.